The van der Waals surface area contributed by atoms with Crippen molar-refractivity contribution in [2.45, 2.75) is 40.5 Å². The molecule has 196 valence electrons. The fraction of sp³-hybridized carbons (Fsp3) is 0.167. The number of aromatic nitrogens is 3. The molecule has 4 aromatic carbocycles. The highest BCUT2D eigenvalue weighted by Gasteiger charge is 2.24. The van der Waals surface area contributed by atoms with Gasteiger partial charge in [0.2, 0.25) is 5.71 Å². The number of nitrogens with zero attached hydrogens (tertiary/aromatic N) is 3. The highest BCUT2D eigenvalue weighted by Crippen LogP contribution is 2.42. The van der Waals surface area contributed by atoms with E-state index in [0.29, 0.717) is 11.6 Å². The van der Waals surface area contributed by atoms with Crippen molar-refractivity contribution < 1.29 is 4.42 Å². The van der Waals surface area contributed by atoms with Gasteiger partial charge in [-0.05, 0) is 97.0 Å². The Labute approximate surface area is 233 Å². The molecule has 0 unspecified atom stereocenters. The molecule has 7 rings (SSSR count). The van der Waals surface area contributed by atoms with Crippen LogP contribution in [0.15, 0.2) is 95.4 Å². The lowest BCUT2D eigenvalue weighted by Gasteiger charge is -2.18. The summed E-state index contributed by atoms with van der Waals surface area (Å²) in [5, 5.41) is 2.18. The molecule has 0 aliphatic carbocycles. The van der Waals surface area contributed by atoms with E-state index in [0.717, 1.165) is 50.2 Å². The maximum Gasteiger partial charge on any atom is 0.227 e. The molecule has 0 N–H and O–H groups in total. The minimum atomic E-state index is 0.340. The third kappa shape index (κ3) is 3.75. The standard InChI is InChI=1S/C36H31N3O/c1-21(2)27-17-18-29(34-32(27)28-16-15-24(5)37-36(28)40-34)35-38-30-13-9-10-14-31(30)39(35)33-22(3)19-26(20-23(33)4)25-11-7-6-8-12-25/h6-21H,1-5H3. The number of rotatable bonds is 4. The molecule has 40 heavy (non-hydrogen) atoms. The van der Waals surface area contributed by atoms with Gasteiger partial charge in [0.15, 0.2) is 0 Å². The number of fused-ring (bicyclic) bond motifs is 4. The van der Waals surface area contributed by atoms with E-state index in [1.165, 1.54) is 27.8 Å². The molecule has 4 nitrogen and oxygen atoms in total. The topological polar surface area (TPSA) is 43.9 Å². The first-order valence-corrected chi connectivity index (χ1v) is 13.9. The van der Waals surface area contributed by atoms with E-state index in [4.69, 9.17) is 14.4 Å². The molecule has 0 saturated heterocycles. The first kappa shape index (κ1) is 24.3. The third-order valence-corrected chi connectivity index (χ3v) is 7.90. The molecule has 7 aromatic rings. The van der Waals surface area contributed by atoms with Crippen LogP contribution in [-0.4, -0.2) is 14.5 Å². The number of para-hydroxylation sites is 2. The zero-order valence-electron chi connectivity index (χ0n) is 23.5. The summed E-state index contributed by atoms with van der Waals surface area (Å²) in [5.74, 6) is 1.21. The zero-order valence-corrected chi connectivity index (χ0v) is 23.5. The van der Waals surface area contributed by atoms with Crippen LogP contribution >= 0.6 is 0 Å². The molecule has 0 amide bonds. The molecule has 0 saturated carbocycles. The van der Waals surface area contributed by atoms with Gasteiger partial charge in [-0.2, -0.15) is 0 Å². The lowest BCUT2D eigenvalue weighted by Crippen LogP contribution is -2.04. The molecule has 4 heteroatoms. The van der Waals surface area contributed by atoms with Gasteiger partial charge in [0, 0.05) is 16.5 Å². The fourth-order valence-corrected chi connectivity index (χ4v) is 6.08. The maximum atomic E-state index is 6.57. The number of benzene rings is 4. The Kier molecular flexibility index (Phi) is 5.60. The molecular weight excluding hydrogens is 490 g/mol. The monoisotopic (exact) mass is 521 g/mol. The van der Waals surface area contributed by atoms with E-state index in [-0.39, 0.29) is 0 Å². The Morgan fingerprint density at radius 2 is 1.45 bits per heavy atom. The number of hydrogen-bond donors (Lipinski definition) is 0. The first-order chi connectivity index (χ1) is 19.4. The van der Waals surface area contributed by atoms with Crippen LogP contribution in [0.1, 0.15) is 42.1 Å². The average molecular weight is 522 g/mol. The highest BCUT2D eigenvalue weighted by atomic mass is 16.3. The van der Waals surface area contributed by atoms with Crippen LogP contribution in [-0.2, 0) is 0 Å². The summed E-state index contributed by atoms with van der Waals surface area (Å²) in [7, 11) is 0. The molecule has 0 aliphatic heterocycles. The third-order valence-electron chi connectivity index (χ3n) is 7.90. The van der Waals surface area contributed by atoms with Gasteiger partial charge in [-0.3, -0.25) is 4.57 Å². The summed E-state index contributed by atoms with van der Waals surface area (Å²) in [6.07, 6.45) is 0. The first-order valence-electron chi connectivity index (χ1n) is 13.9. The van der Waals surface area contributed by atoms with Gasteiger partial charge in [-0.1, -0.05) is 62.4 Å². The van der Waals surface area contributed by atoms with Crippen molar-refractivity contribution in [3.63, 3.8) is 0 Å². The second-order valence-corrected chi connectivity index (χ2v) is 11.1. The molecule has 0 aliphatic rings. The molecule has 3 aromatic heterocycles. The summed E-state index contributed by atoms with van der Waals surface area (Å²) >= 11 is 0. The Hall–Kier alpha value is -4.70. The van der Waals surface area contributed by atoms with Crippen molar-refractivity contribution in [1.29, 1.82) is 0 Å². The molecule has 0 fully saturated rings. The summed E-state index contributed by atoms with van der Waals surface area (Å²) in [6, 6.07) is 32.1. The van der Waals surface area contributed by atoms with Crippen molar-refractivity contribution in [2.75, 3.05) is 0 Å². The van der Waals surface area contributed by atoms with Gasteiger partial charge in [0.25, 0.3) is 0 Å². The maximum absolute atomic E-state index is 6.57. The molecule has 0 atom stereocenters. The zero-order chi connectivity index (χ0) is 27.5. The Balaban J connectivity index is 1.55. The van der Waals surface area contributed by atoms with Crippen LogP contribution < -0.4 is 0 Å². The van der Waals surface area contributed by atoms with Gasteiger partial charge in [-0.15, -0.1) is 0 Å². The van der Waals surface area contributed by atoms with E-state index in [9.17, 15) is 0 Å². The van der Waals surface area contributed by atoms with Crippen molar-refractivity contribution in [1.82, 2.24) is 14.5 Å². The molecular formula is C36H31N3O. The van der Waals surface area contributed by atoms with E-state index < -0.39 is 0 Å². The van der Waals surface area contributed by atoms with E-state index in [1.807, 2.05) is 13.0 Å². The van der Waals surface area contributed by atoms with Crippen LogP contribution in [0.25, 0.3) is 61.3 Å². The smallest absolute Gasteiger partial charge is 0.227 e. The molecule has 0 bridgehead atoms. The lowest BCUT2D eigenvalue weighted by molar-refractivity contribution is 0.652. The number of furan rings is 1. The van der Waals surface area contributed by atoms with Crippen molar-refractivity contribution in [2.24, 2.45) is 0 Å². The minimum absolute atomic E-state index is 0.340. The number of imidazole rings is 1. The van der Waals surface area contributed by atoms with Crippen molar-refractivity contribution in [3.8, 4) is 28.2 Å². The Morgan fingerprint density at radius 3 is 2.20 bits per heavy atom. The lowest BCUT2D eigenvalue weighted by atomic mass is 9.95. The van der Waals surface area contributed by atoms with E-state index in [2.05, 4.69) is 117 Å². The Morgan fingerprint density at radius 1 is 0.725 bits per heavy atom. The highest BCUT2D eigenvalue weighted by molar-refractivity contribution is 6.10. The predicted octanol–water partition coefficient (Wildman–Crippen LogP) is 9.70. The fourth-order valence-electron chi connectivity index (χ4n) is 6.08. The average Bonchev–Trinajstić information content (AvgIpc) is 3.51. The summed E-state index contributed by atoms with van der Waals surface area (Å²) < 4.78 is 8.88. The van der Waals surface area contributed by atoms with Crippen LogP contribution in [0, 0.1) is 20.8 Å². The van der Waals surface area contributed by atoms with Gasteiger partial charge in [0.1, 0.15) is 11.4 Å². The normalized spacial score (nSPS) is 11.8. The minimum Gasteiger partial charge on any atom is -0.437 e. The summed E-state index contributed by atoms with van der Waals surface area (Å²) in [4.78, 5) is 9.96. The second-order valence-electron chi connectivity index (χ2n) is 11.1. The molecule has 3 heterocycles. The van der Waals surface area contributed by atoms with Crippen LogP contribution in [0.2, 0.25) is 0 Å². The van der Waals surface area contributed by atoms with Crippen LogP contribution in [0.3, 0.4) is 0 Å². The van der Waals surface area contributed by atoms with E-state index in [1.54, 1.807) is 0 Å². The summed E-state index contributed by atoms with van der Waals surface area (Å²) in [5.41, 5.74) is 12.7. The van der Waals surface area contributed by atoms with Crippen molar-refractivity contribution >= 4 is 33.1 Å². The van der Waals surface area contributed by atoms with Crippen molar-refractivity contribution in [3.05, 3.63) is 113 Å². The molecule has 0 radical (unpaired) electrons. The quantitative estimate of drug-likeness (QED) is 0.231. The van der Waals surface area contributed by atoms with Crippen LogP contribution in [0.5, 0.6) is 0 Å². The second kappa shape index (κ2) is 9.20. The SMILES string of the molecule is Cc1ccc2c(n1)oc1c(-c3nc4ccccc4n3-c3c(C)cc(-c4ccccc4)cc3C)ccc(C(C)C)c12. The van der Waals surface area contributed by atoms with Crippen LogP contribution in [0.4, 0.5) is 0 Å². The van der Waals surface area contributed by atoms with Gasteiger partial charge < -0.3 is 4.42 Å². The van der Waals surface area contributed by atoms with Gasteiger partial charge in [-0.25, -0.2) is 9.97 Å². The van der Waals surface area contributed by atoms with Gasteiger partial charge >= 0.3 is 0 Å². The predicted molar refractivity (Wildman–Crippen MR) is 165 cm³/mol. The Bertz CT molecular complexity index is 2040. The van der Waals surface area contributed by atoms with Gasteiger partial charge in [0.05, 0.1) is 22.3 Å². The number of hydrogen-bond acceptors (Lipinski definition) is 3. The largest absolute Gasteiger partial charge is 0.437 e. The molecule has 0 spiro atoms. The van der Waals surface area contributed by atoms with E-state index >= 15 is 0 Å². The summed E-state index contributed by atoms with van der Waals surface area (Å²) in [6.45, 7) is 10.8. The number of pyridine rings is 1. The number of aryl methyl sites for hydroxylation is 3.